The molecule has 0 atom stereocenters. The molecule has 64 valence electrons. The van der Waals surface area contributed by atoms with Crippen LogP contribution in [0.25, 0.3) is 0 Å². The van der Waals surface area contributed by atoms with Crippen molar-refractivity contribution in [2.45, 2.75) is 1.47 Å². The molecule has 0 unspecified atom stereocenters. The first-order valence-electron chi connectivity index (χ1n) is 1.80. The molecule has 1 nitrogen and oxygen atoms in total. The van der Waals surface area contributed by atoms with E-state index in [0.29, 0.717) is 0 Å². The van der Waals surface area contributed by atoms with Crippen LogP contribution in [0.15, 0.2) is 0 Å². The third-order valence-corrected chi connectivity index (χ3v) is 26.4. The Kier molecular flexibility index (Phi) is 4.75. The van der Waals surface area contributed by atoms with Gasteiger partial charge < -0.3 is 0 Å². The van der Waals surface area contributed by atoms with Gasteiger partial charge in [-0.25, -0.2) is 0 Å². The lowest BCUT2D eigenvalue weighted by Crippen LogP contribution is -2.31. The fraction of sp³-hybridized carbons (Fsp3) is 1.00. The molecule has 0 aromatic heterocycles. The SMILES string of the molecule is O=S(Br)(Br)(CBr)C(Br)(Br)Br. The van der Waals surface area contributed by atoms with Crippen LogP contribution >= 0.6 is 93.3 Å². The van der Waals surface area contributed by atoms with Gasteiger partial charge in [0, 0.05) is 35.6 Å². The lowest BCUT2D eigenvalue weighted by molar-refractivity contribution is 0.684. The van der Waals surface area contributed by atoms with Gasteiger partial charge in [0.05, 0.1) is 4.66 Å². The van der Waals surface area contributed by atoms with Crippen molar-refractivity contribution in [1.82, 2.24) is 0 Å². The van der Waals surface area contributed by atoms with Gasteiger partial charge in [0.15, 0.2) is 0 Å². The Morgan fingerprint density at radius 3 is 1.50 bits per heavy atom. The molecule has 0 N–H and O–H groups in total. The van der Waals surface area contributed by atoms with Gasteiger partial charge in [-0.05, 0) is 47.8 Å². The van der Waals surface area contributed by atoms with Gasteiger partial charge in [0.2, 0.25) is 1.47 Å². The molecular weight excluding hydrogens is 552 g/mol. The second kappa shape index (κ2) is 3.65. The molecule has 0 saturated carbocycles. The van der Waals surface area contributed by atoms with Crippen molar-refractivity contribution in [2.24, 2.45) is 0 Å². The summed E-state index contributed by atoms with van der Waals surface area (Å²) >= 11 is 18.8. The number of alkyl halides is 4. The smallest absolute Gasteiger partial charge is 0.207 e. The maximum atomic E-state index is 11.8. The molecule has 0 spiro atoms. The summed E-state index contributed by atoms with van der Waals surface area (Å²) in [5.41, 5.74) is 0. The van der Waals surface area contributed by atoms with E-state index in [4.69, 9.17) is 0 Å². The van der Waals surface area contributed by atoms with Gasteiger partial charge >= 0.3 is 0 Å². The third-order valence-electron chi connectivity index (χ3n) is 0.615. The number of halogens is 6. The zero-order chi connectivity index (χ0) is 8.65. The van der Waals surface area contributed by atoms with Crippen molar-refractivity contribution in [3.63, 3.8) is 0 Å². The van der Waals surface area contributed by atoms with Gasteiger partial charge in [0.25, 0.3) is 0 Å². The minimum absolute atomic E-state index is 0.284. The predicted octanol–water partition coefficient (Wildman–Crippen LogP) is 4.57. The van der Waals surface area contributed by atoms with Crippen LogP contribution < -0.4 is 0 Å². The van der Waals surface area contributed by atoms with Crippen molar-refractivity contribution >= 4 is 99.3 Å². The normalized spacial score (nSPS) is 18.0. The second-order valence-corrected chi connectivity index (χ2v) is 24.6. The standard InChI is InChI=1S/C2H2Br6OS/c3-1-10(7,8,9)2(4,5)6/h1H2. The Hall–Kier alpha value is 3.03. The van der Waals surface area contributed by atoms with Crippen molar-refractivity contribution in [2.75, 3.05) is 4.66 Å². The molecule has 10 heavy (non-hydrogen) atoms. The molecule has 0 aromatic carbocycles. The molecule has 0 fully saturated rings. The summed E-state index contributed by atoms with van der Waals surface area (Å²) in [5.74, 6) is -3.06. The second-order valence-electron chi connectivity index (χ2n) is 1.46. The van der Waals surface area contributed by atoms with Gasteiger partial charge in [-0.15, -0.1) is 0 Å². The Morgan fingerprint density at radius 1 is 1.20 bits per heavy atom. The fourth-order valence-electron chi connectivity index (χ4n) is 0.0619. The highest BCUT2D eigenvalue weighted by atomic mass is 80.0. The van der Waals surface area contributed by atoms with Crippen molar-refractivity contribution < 1.29 is 4.21 Å². The number of rotatable bonds is 1. The summed E-state index contributed by atoms with van der Waals surface area (Å²) in [7, 11) is 0. The molecule has 0 aromatic rings. The monoisotopic (exact) mass is 547 g/mol. The summed E-state index contributed by atoms with van der Waals surface area (Å²) < 4.78 is 11.3. The highest BCUT2D eigenvalue weighted by Crippen LogP contribution is 2.62. The summed E-state index contributed by atoms with van der Waals surface area (Å²) in [5, 5.41) is 0. The summed E-state index contributed by atoms with van der Waals surface area (Å²) in [6.07, 6.45) is 0. The summed E-state index contributed by atoms with van der Waals surface area (Å²) in [6.45, 7) is 0. The molecule has 8 heteroatoms. The van der Waals surface area contributed by atoms with E-state index in [1.807, 2.05) is 0 Å². The van der Waals surface area contributed by atoms with E-state index in [0.717, 1.165) is 0 Å². The Bertz CT molecular complexity index is 186. The van der Waals surface area contributed by atoms with Crippen molar-refractivity contribution in [3.8, 4) is 0 Å². The van der Waals surface area contributed by atoms with E-state index >= 15 is 0 Å². The predicted molar refractivity (Wildman–Crippen MR) is 69.3 cm³/mol. The minimum Gasteiger partial charge on any atom is -0.258 e. The van der Waals surface area contributed by atoms with Crippen molar-refractivity contribution in [3.05, 3.63) is 0 Å². The van der Waals surface area contributed by atoms with E-state index in [1.54, 1.807) is 0 Å². The summed E-state index contributed by atoms with van der Waals surface area (Å²) in [4.78, 5) is 0. The Morgan fingerprint density at radius 2 is 1.50 bits per heavy atom. The first-order valence-corrected chi connectivity index (χ1v) is 11.1. The maximum Gasteiger partial charge on any atom is 0.207 e. The lowest BCUT2D eigenvalue weighted by atomic mass is 11.9. The molecule has 0 rings (SSSR count). The molecule has 0 saturated heterocycles. The van der Waals surface area contributed by atoms with Gasteiger partial charge in [-0.2, -0.15) is 0 Å². The van der Waals surface area contributed by atoms with Crippen LogP contribution in [0, 0.1) is 0 Å². The Labute approximate surface area is 108 Å². The van der Waals surface area contributed by atoms with Crippen LogP contribution in [0.5, 0.6) is 0 Å². The van der Waals surface area contributed by atoms with E-state index in [9.17, 15) is 4.21 Å². The Balaban J connectivity index is 4.91. The van der Waals surface area contributed by atoms with Crippen LogP contribution in [0.1, 0.15) is 0 Å². The average Bonchev–Trinajstić information content (AvgIpc) is 1.62. The zero-order valence-electron chi connectivity index (χ0n) is 4.29. The fourth-order valence-corrected chi connectivity index (χ4v) is 5.01. The van der Waals surface area contributed by atoms with Crippen LogP contribution in [-0.2, 0) is 5.93 Å². The quantitative estimate of drug-likeness (QED) is 0.344. The van der Waals surface area contributed by atoms with E-state index in [-0.39, 0.29) is 4.66 Å². The number of hydrogen-bond acceptors (Lipinski definition) is 1. The highest BCUT2D eigenvalue weighted by molar-refractivity contribution is 9.90. The van der Waals surface area contributed by atoms with Gasteiger partial charge in [-0.1, -0.05) is 15.9 Å². The molecule has 0 bridgehead atoms. The molecule has 0 amide bonds. The summed E-state index contributed by atoms with van der Waals surface area (Å²) in [6, 6.07) is 0. The van der Waals surface area contributed by atoms with E-state index < -0.39 is 7.41 Å². The molecular formula is C2H2Br6OS. The van der Waals surface area contributed by atoms with Crippen LogP contribution in [0.3, 0.4) is 0 Å². The lowest BCUT2D eigenvalue weighted by Gasteiger charge is -2.34. The molecule has 0 heterocycles. The first-order chi connectivity index (χ1) is 4.09. The molecule has 0 aliphatic rings. The molecule has 0 aliphatic heterocycles. The third kappa shape index (κ3) is 3.06. The first kappa shape index (κ1) is 13.0. The topological polar surface area (TPSA) is 17.1 Å². The van der Waals surface area contributed by atoms with E-state index in [2.05, 4.69) is 93.3 Å². The van der Waals surface area contributed by atoms with E-state index in [1.165, 1.54) is 0 Å². The van der Waals surface area contributed by atoms with Crippen LogP contribution in [-0.4, -0.2) is 10.3 Å². The maximum absolute atomic E-state index is 11.8. The zero-order valence-corrected chi connectivity index (χ0v) is 14.6. The highest BCUT2D eigenvalue weighted by Gasteiger charge is 2.48. The largest absolute Gasteiger partial charge is 0.258 e. The molecule has 0 aliphatic carbocycles. The van der Waals surface area contributed by atoms with Gasteiger partial charge in [0.1, 0.15) is 0 Å². The minimum atomic E-state index is -3.06. The van der Waals surface area contributed by atoms with Gasteiger partial charge in [-0.3, -0.25) is 4.21 Å². The molecule has 0 radical (unpaired) electrons. The average molecular weight is 554 g/mol. The van der Waals surface area contributed by atoms with Crippen LogP contribution in [0.2, 0.25) is 0 Å². The van der Waals surface area contributed by atoms with Crippen LogP contribution in [0.4, 0.5) is 0 Å². The number of hydrogen-bond donors (Lipinski definition) is 0. The van der Waals surface area contributed by atoms with Crippen molar-refractivity contribution in [1.29, 1.82) is 0 Å².